The Morgan fingerprint density at radius 3 is 2.36 bits per heavy atom. The van der Waals surface area contributed by atoms with Gasteiger partial charge in [0.05, 0.1) is 4.90 Å². The van der Waals surface area contributed by atoms with E-state index in [1.54, 1.807) is 0 Å². The Balaban J connectivity index is 2.22. The van der Waals surface area contributed by atoms with Gasteiger partial charge in [-0.1, -0.05) is 6.07 Å². The number of carbonyl (C=O) groups excluding carboxylic acids is 1. The fourth-order valence-electron chi connectivity index (χ4n) is 2.53. The van der Waals surface area contributed by atoms with Gasteiger partial charge in [-0.15, -0.1) is 0 Å². The fraction of sp³-hybridized carbons (Fsp3) is 0.533. The lowest BCUT2D eigenvalue weighted by Crippen LogP contribution is -2.47. The van der Waals surface area contributed by atoms with E-state index in [1.807, 2.05) is 11.9 Å². The summed E-state index contributed by atoms with van der Waals surface area (Å²) in [7, 11) is -0.875. The zero-order valence-electron chi connectivity index (χ0n) is 14.0. The highest BCUT2D eigenvalue weighted by Crippen LogP contribution is 2.21. The van der Waals surface area contributed by atoms with E-state index in [1.165, 1.54) is 22.5 Å². The van der Waals surface area contributed by atoms with Crippen molar-refractivity contribution >= 4 is 15.9 Å². The Bertz CT molecular complexity index is 729. The Morgan fingerprint density at radius 2 is 1.80 bits per heavy atom. The molecule has 1 aliphatic rings. The smallest absolute Gasteiger partial charge is 0.333 e. The molecule has 0 aliphatic carbocycles. The van der Waals surface area contributed by atoms with Crippen molar-refractivity contribution in [3.8, 4) is 0 Å². The van der Waals surface area contributed by atoms with Gasteiger partial charge < -0.3 is 9.80 Å². The van der Waals surface area contributed by atoms with Crippen molar-refractivity contribution in [2.24, 2.45) is 0 Å². The van der Waals surface area contributed by atoms with Gasteiger partial charge in [0.2, 0.25) is 10.0 Å². The average Bonchev–Trinajstić information content (AvgIpc) is 2.53. The van der Waals surface area contributed by atoms with Crippen molar-refractivity contribution in [3.05, 3.63) is 29.8 Å². The molecule has 0 bridgehead atoms. The van der Waals surface area contributed by atoms with Gasteiger partial charge in [0, 0.05) is 38.8 Å². The number of alkyl halides is 3. The predicted molar refractivity (Wildman–Crippen MR) is 85.7 cm³/mol. The van der Waals surface area contributed by atoms with Crippen molar-refractivity contribution in [1.82, 2.24) is 14.1 Å². The quantitative estimate of drug-likeness (QED) is 0.790. The molecule has 140 valence electrons. The maximum atomic E-state index is 12.7. The third-order valence-electron chi connectivity index (χ3n) is 3.94. The molecule has 10 heteroatoms. The van der Waals surface area contributed by atoms with Crippen molar-refractivity contribution in [1.29, 1.82) is 0 Å². The first-order chi connectivity index (χ1) is 11.5. The lowest BCUT2D eigenvalue weighted by Gasteiger charge is -2.31. The summed E-state index contributed by atoms with van der Waals surface area (Å²) in [6.07, 6.45) is -4.52. The summed E-state index contributed by atoms with van der Waals surface area (Å²) in [4.78, 5) is 14.6. The molecule has 0 unspecified atom stereocenters. The molecule has 0 atom stereocenters. The standard InChI is InChI=1S/C15H20F3N3O3S/c1-19-6-8-21(9-7-19)25(23,24)13-5-3-4-12(10-13)14(22)20(2)11-15(16,17)18/h3-5,10H,6-9,11H2,1-2H3. The number of likely N-dealkylation sites (N-methyl/N-ethyl adjacent to an activating group) is 1. The van der Waals surface area contributed by atoms with E-state index in [-0.39, 0.29) is 10.5 Å². The normalized spacial score (nSPS) is 17.5. The summed E-state index contributed by atoms with van der Waals surface area (Å²) in [6.45, 7) is 0.426. The van der Waals surface area contributed by atoms with Crippen LogP contribution in [-0.2, 0) is 10.0 Å². The molecule has 1 saturated heterocycles. The molecule has 1 amide bonds. The van der Waals surface area contributed by atoms with E-state index < -0.39 is 28.7 Å². The number of nitrogens with zero attached hydrogens (tertiary/aromatic N) is 3. The van der Waals surface area contributed by atoms with E-state index in [0.717, 1.165) is 13.1 Å². The van der Waals surface area contributed by atoms with Crippen LogP contribution in [0.15, 0.2) is 29.2 Å². The zero-order chi connectivity index (χ0) is 18.8. The molecule has 1 heterocycles. The van der Waals surface area contributed by atoms with Crippen molar-refractivity contribution in [2.75, 3.05) is 46.8 Å². The van der Waals surface area contributed by atoms with Crippen LogP contribution in [0.1, 0.15) is 10.4 Å². The molecule has 0 saturated carbocycles. The highest BCUT2D eigenvalue weighted by atomic mass is 32.2. The molecule has 0 spiro atoms. The maximum Gasteiger partial charge on any atom is 0.406 e. The third-order valence-corrected chi connectivity index (χ3v) is 5.84. The van der Waals surface area contributed by atoms with E-state index >= 15 is 0 Å². The number of benzene rings is 1. The summed E-state index contributed by atoms with van der Waals surface area (Å²) >= 11 is 0. The predicted octanol–water partition coefficient (Wildman–Crippen LogP) is 1.26. The monoisotopic (exact) mass is 379 g/mol. The molecule has 1 aromatic carbocycles. The van der Waals surface area contributed by atoms with Gasteiger partial charge in [-0.05, 0) is 25.2 Å². The first-order valence-corrected chi connectivity index (χ1v) is 9.06. The molecule has 25 heavy (non-hydrogen) atoms. The minimum Gasteiger partial charge on any atom is -0.333 e. The zero-order valence-corrected chi connectivity index (χ0v) is 14.8. The van der Waals surface area contributed by atoms with Gasteiger partial charge in [-0.25, -0.2) is 8.42 Å². The molecule has 1 aromatic rings. The van der Waals surface area contributed by atoms with Crippen LogP contribution in [0, 0.1) is 0 Å². The van der Waals surface area contributed by atoms with E-state index in [4.69, 9.17) is 0 Å². The van der Waals surface area contributed by atoms with Gasteiger partial charge >= 0.3 is 6.18 Å². The molecule has 0 N–H and O–H groups in total. The van der Waals surface area contributed by atoms with Gasteiger partial charge in [-0.2, -0.15) is 17.5 Å². The Hall–Kier alpha value is -1.65. The fourth-order valence-corrected chi connectivity index (χ4v) is 4.00. The molecule has 1 fully saturated rings. The average molecular weight is 379 g/mol. The molecule has 6 nitrogen and oxygen atoms in total. The topological polar surface area (TPSA) is 60.9 Å². The first-order valence-electron chi connectivity index (χ1n) is 7.62. The number of halogens is 3. The number of sulfonamides is 1. The summed E-state index contributed by atoms with van der Waals surface area (Å²) in [5.41, 5.74) is -0.0954. The summed E-state index contributed by atoms with van der Waals surface area (Å²) < 4.78 is 63.9. The minimum absolute atomic E-state index is 0.0942. The highest BCUT2D eigenvalue weighted by molar-refractivity contribution is 7.89. The van der Waals surface area contributed by atoms with E-state index in [9.17, 15) is 26.4 Å². The van der Waals surface area contributed by atoms with Gasteiger partial charge in [0.1, 0.15) is 6.54 Å². The van der Waals surface area contributed by atoms with Gasteiger partial charge in [-0.3, -0.25) is 4.79 Å². The summed E-state index contributed by atoms with van der Waals surface area (Å²) in [5, 5.41) is 0. The van der Waals surface area contributed by atoms with E-state index in [2.05, 4.69) is 0 Å². The second-order valence-electron chi connectivity index (χ2n) is 6.01. The number of hydrogen-bond acceptors (Lipinski definition) is 4. The highest BCUT2D eigenvalue weighted by Gasteiger charge is 2.32. The number of amides is 1. The molecular weight excluding hydrogens is 359 g/mol. The van der Waals surface area contributed by atoms with Crippen molar-refractivity contribution in [3.63, 3.8) is 0 Å². The van der Waals surface area contributed by atoms with Crippen molar-refractivity contribution in [2.45, 2.75) is 11.1 Å². The van der Waals surface area contributed by atoms with Gasteiger partial charge in [0.15, 0.2) is 0 Å². The third kappa shape index (κ3) is 4.93. The van der Waals surface area contributed by atoms with Gasteiger partial charge in [0.25, 0.3) is 5.91 Å². The second-order valence-corrected chi connectivity index (χ2v) is 7.95. The minimum atomic E-state index is -4.52. The second kappa shape index (κ2) is 7.30. The lowest BCUT2D eigenvalue weighted by molar-refractivity contribution is -0.138. The first kappa shape index (κ1) is 19.7. The van der Waals surface area contributed by atoms with Crippen LogP contribution in [0.25, 0.3) is 0 Å². The van der Waals surface area contributed by atoms with Crippen LogP contribution in [0.5, 0.6) is 0 Å². The van der Waals surface area contributed by atoms with Crippen LogP contribution in [0.3, 0.4) is 0 Å². The molecule has 1 aliphatic heterocycles. The SMILES string of the molecule is CN1CCN(S(=O)(=O)c2cccc(C(=O)N(C)CC(F)(F)F)c2)CC1. The molecular formula is C15H20F3N3O3S. The number of hydrogen-bond donors (Lipinski definition) is 0. The number of rotatable bonds is 4. The van der Waals surface area contributed by atoms with Crippen LogP contribution in [-0.4, -0.2) is 81.4 Å². The number of carbonyl (C=O) groups is 1. The summed E-state index contributed by atoms with van der Waals surface area (Å²) in [6, 6.07) is 5.13. The van der Waals surface area contributed by atoms with Crippen LogP contribution < -0.4 is 0 Å². The Labute approximate surface area is 144 Å². The molecule has 2 rings (SSSR count). The molecule has 0 aromatic heterocycles. The van der Waals surface area contributed by atoms with Crippen LogP contribution in [0.4, 0.5) is 13.2 Å². The lowest BCUT2D eigenvalue weighted by atomic mass is 10.2. The van der Waals surface area contributed by atoms with Crippen molar-refractivity contribution < 1.29 is 26.4 Å². The van der Waals surface area contributed by atoms with Crippen LogP contribution in [0.2, 0.25) is 0 Å². The van der Waals surface area contributed by atoms with Crippen LogP contribution >= 0.6 is 0 Å². The Morgan fingerprint density at radius 1 is 1.20 bits per heavy atom. The largest absolute Gasteiger partial charge is 0.406 e. The molecule has 0 radical (unpaired) electrons. The maximum absolute atomic E-state index is 12.7. The van der Waals surface area contributed by atoms with E-state index in [0.29, 0.717) is 31.1 Å². The number of piperazine rings is 1. The Kier molecular flexibility index (Phi) is 5.75. The summed E-state index contributed by atoms with van der Waals surface area (Å²) in [5.74, 6) is -0.882.